The average molecular weight is 195 g/mol. The van der Waals surface area contributed by atoms with Crippen LogP contribution in [0.3, 0.4) is 0 Å². The number of carbonyl (C=O) groups excluding carboxylic acids is 1. The number of nitrogens with zero attached hydrogens (tertiary/aromatic N) is 1. The molecule has 0 heterocycles. The van der Waals surface area contributed by atoms with Gasteiger partial charge in [-0.15, -0.1) is 0 Å². The number of thiol groups is 1. The van der Waals surface area contributed by atoms with Crippen molar-refractivity contribution in [1.29, 1.82) is 0 Å². The van der Waals surface area contributed by atoms with Crippen molar-refractivity contribution < 1.29 is 4.79 Å². The maximum Gasteiger partial charge on any atom is 0.263 e. The minimum atomic E-state index is -0.0565. The van der Waals surface area contributed by atoms with Gasteiger partial charge in [-0.25, -0.2) is 0 Å². The Hall–Kier alpha value is -0.960. The summed E-state index contributed by atoms with van der Waals surface area (Å²) < 4.78 is 1.43. The molecule has 0 spiro atoms. The van der Waals surface area contributed by atoms with E-state index in [4.69, 9.17) is 0 Å². The van der Waals surface area contributed by atoms with E-state index in [1.165, 1.54) is 4.31 Å². The van der Waals surface area contributed by atoms with Gasteiger partial charge < -0.3 is 0 Å². The summed E-state index contributed by atoms with van der Waals surface area (Å²) in [6.45, 7) is 3.85. The molecule has 0 N–H and O–H groups in total. The van der Waals surface area contributed by atoms with Gasteiger partial charge in [0.25, 0.3) is 5.91 Å². The summed E-state index contributed by atoms with van der Waals surface area (Å²) >= 11 is 4.12. The van der Waals surface area contributed by atoms with Crippen molar-refractivity contribution in [3.63, 3.8) is 0 Å². The molecule has 2 nitrogen and oxygen atoms in total. The maximum absolute atomic E-state index is 11.6. The van der Waals surface area contributed by atoms with Crippen LogP contribution in [0.25, 0.3) is 0 Å². The Morgan fingerprint density at radius 3 is 2.31 bits per heavy atom. The number of hydrogen-bond donors (Lipinski definition) is 1. The van der Waals surface area contributed by atoms with E-state index in [0.717, 1.165) is 0 Å². The second-order valence-electron chi connectivity index (χ2n) is 3.11. The molecule has 0 radical (unpaired) electrons. The van der Waals surface area contributed by atoms with E-state index in [9.17, 15) is 4.79 Å². The second kappa shape index (κ2) is 4.33. The number of hydrogen-bond acceptors (Lipinski definition) is 2. The highest BCUT2D eigenvalue weighted by Gasteiger charge is 2.14. The third-order valence-electron chi connectivity index (χ3n) is 1.72. The van der Waals surface area contributed by atoms with Crippen LogP contribution in [0.2, 0.25) is 0 Å². The lowest BCUT2D eigenvalue weighted by Crippen LogP contribution is -2.28. The number of carbonyl (C=O) groups is 1. The maximum atomic E-state index is 11.6. The van der Waals surface area contributed by atoms with Gasteiger partial charge in [0.2, 0.25) is 0 Å². The zero-order chi connectivity index (χ0) is 9.84. The molecule has 0 unspecified atom stereocenters. The normalized spacial score (nSPS) is 10.2. The van der Waals surface area contributed by atoms with Crippen LogP contribution in [-0.2, 0) is 0 Å². The van der Waals surface area contributed by atoms with E-state index >= 15 is 0 Å². The zero-order valence-electron chi connectivity index (χ0n) is 7.77. The first kappa shape index (κ1) is 10.1. The van der Waals surface area contributed by atoms with Crippen LogP contribution in [0.1, 0.15) is 24.2 Å². The highest BCUT2D eigenvalue weighted by Crippen LogP contribution is 2.09. The molecule has 0 aliphatic heterocycles. The van der Waals surface area contributed by atoms with E-state index in [2.05, 4.69) is 12.8 Å². The summed E-state index contributed by atoms with van der Waals surface area (Å²) in [6.07, 6.45) is 0. The van der Waals surface area contributed by atoms with Gasteiger partial charge in [0, 0.05) is 11.6 Å². The lowest BCUT2D eigenvalue weighted by atomic mass is 10.2. The molecule has 0 aliphatic rings. The molecule has 1 aromatic rings. The van der Waals surface area contributed by atoms with Crippen LogP contribution in [-0.4, -0.2) is 16.3 Å². The Kier molecular flexibility index (Phi) is 3.37. The van der Waals surface area contributed by atoms with Crippen LogP contribution in [0.15, 0.2) is 30.3 Å². The van der Waals surface area contributed by atoms with E-state index in [-0.39, 0.29) is 11.9 Å². The molecule has 13 heavy (non-hydrogen) atoms. The largest absolute Gasteiger partial charge is 0.283 e. The van der Waals surface area contributed by atoms with Crippen molar-refractivity contribution in [2.24, 2.45) is 0 Å². The number of amides is 1. The predicted octanol–water partition coefficient (Wildman–Crippen LogP) is 2.38. The molecule has 1 aromatic carbocycles. The molecule has 0 saturated heterocycles. The third-order valence-corrected chi connectivity index (χ3v) is 2.36. The molecule has 0 aliphatic carbocycles. The summed E-state index contributed by atoms with van der Waals surface area (Å²) in [6, 6.07) is 9.25. The second-order valence-corrected chi connectivity index (χ2v) is 3.54. The van der Waals surface area contributed by atoms with Crippen molar-refractivity contribution in [3.05, 3.63) is 35.9 Å². The SMILES string of the molecule is CC(C)N(S)C(=O)c1ccccc1. The summed E-state index contributed by atoms with van der Waals surface area (Å²) in [5.41, 5.74) is 0.672. The van der Waals surface area contributed by atoms with E-state index in [1.807, 2.05) is 32.0 Å². The van der Waals surface area contributed by atoms with E-state index < -0.39 is 0 Å². The molecule has 3 heteroatoms. The number of rotatable bonds is 2. The molecular formula is C10H13NOS. The highest BCUT2D eigenvalue weighted by molar-refractivity contribution is 7.78. The molecule has 1 rings (SSSR count). The fraction of sp³-hybridized carbons (Fsp3) is 0.300. The van der Waals surface area contributed by atoms with Crippen LogP contribution < -0.4 is 0 Å². The quantitative estimate of drug-likeness (QED) is 0.718. The minimum absolute atomic E-state index is 0.0565. The van der Waals surface area contributed by atoms with Crippen LogP contribution in [0.4, 0.5) is 0 Å². The first-order valence-corrected chi connectivity index (χ1v) is 4.60. The average Bonchev–Trinajstić information content (AvgIpc) is 2.17. The van der Waals surface area contributed by atoms with E-state index in [0.29, 0.717) is 5.56 Å². The van der Waals surface area contributed by atoms with Crippen molar-refractivity contribution in [2.45, 2.75) is 19.9 Å². The fourth-order valence-corrected chi connectivity index (χ4v) is 1.06. The Morgan fingerprint density at radius 2 is 1.85 bits per heavy atom. The Morgan fingerprint density at radius 1 is 1.31 bits per heavy atom. The lowest BCUT2D eigenvalue weighted by molar-refractivity contribution is 0.0851. The lowest BCUT2D eigenvalue weighted by Gasteiger charge is -2.19. The highest BCUT2D eigenvalue weighted by atomic mass is 32.1. The summed E-state index contributed by atoms with van der Waals surface area (Å²) in [5, 5.41) is 0. The number of benzene rings is 1. The summed E-state index contributed by atoms with van der Waals surface area (Å²) in [5.74, 6) is -0.0565. The van der Waals surface area contributed by atoms with Gasteiger partial charge in [-0.05, 0) is 26.0 Å². The summed E-state index contributed by atoms with van der Waals surface area (Å²) in [4.78, 5) is 11.6. The third kappa shape index (κ3) is 2.49. The molecule has 70 valence electrons. The van der Waals surface area contributed by atoms with Gasteiger partial charge >= 0.3 is 0 Å². The van der Waals surface area contributed by atoms with Gasteiger partial charge in [0.05, 0.1) is 0 Å². The Balaban J connectivity index is 2.80. The molecule has 0 fully saturated rings. The first-order valence-electron chi connectivity index (χ1n) is 4.20. The summed E-state index contributed by atoms with van der Waals surface area (Å²) in [7, 11) is 0. The molecular weight excluding hydrogens is 182 g/mol. The molecule has 0 saturated carbocycles. The van der Waals surface area contributed by atoms with Gasteiger partial charge in [-0.1, -0.05) is 31.0 Å². The predicted molar refractivity (Wildman–Crippen MR) is 56.7 cm³/mol. The van der Waals surface area contributed by atoms with Crippen molar-refractivity contribution in [2.75, 3.05) is 0 Å². The smallest absolute Gasteiger partial charge is 0.263 e. The van der Waals surface area contributed by atoms with Crippen molar-refractivity contribution in [3.8, 4) is 0 Å². The Bertz CT molecular complexity index is 284. The standard InChI is InChI=1S/C10H13NOS/c1-8(2)11(13)10(12)9-6-4-3-5-7-9/h3-8,13H,1-2H3. The molecule has 0 atom stereocenters. The first-order chi connectivity index (χ1) is 6.13. The molecule has 0 bridgehead atoms. The van der Waals surface area contributed by atoms with Gasteiger partial charge in [0.15, 0.2) is 0 Å². The van der Waals surface area contributed by atoms with Gasteiger partial charge in [-0.2, -0.15) is 0 Å². The Labute approximate surface area is 84.1 Å². The monoisotopic (exact) mass is 195 g/mol. The van der Waals surface area contributed by atoms with Crippen LogP contribution >= 0.6 is 12.8 Å². The fourth-order valence-electron chi connectivity index (χ4n) is 0.948. The van der Waals surface area contributed by atoms with Crippen LogP contribution in [0.5, 0.6) is 0 Å². The van der Waals surface area contributed by atoms with Gasteiger partial charge in [0.1, 0.15) is 0 Å². The minimum Gasteiger partial charge on any atom is -0.283 e. The van der Waals surface area contributed by atoms with Crippen molar-refractivity contribution >= 4 is 18.7 Å². The van der Waals surface area contributed by atoms with Gasteiger partial charge in [-0.3, -0.25) is 9.10 Å². The van der Waals surface area contributed by atoms with Crippen LogP contribution in [0, 0.1) is 0 Å². The van der Waals surface area contributed by atoms with Crippen molar-refractivity contribution in [1.82, 2.24) is 4.31 Å². The van der Waals surface area contributed by atoms with E-state index in [1.54, 1.807) is 12.1 Å². The topological polar surface area (TPSA) is 20.3 Å². The molecule has 1 amide bonds. The zero-order valence-corrected chi connectivity index (χ0v) is 8.66. The molecule has 0 aromatic heterocycles.